The predicted octanol–water partition coefficient (Wildman–Crippen LogP) is 4.45. The van der Waals surface area contributed by atoms with E-state index in [0.717, 1.165) is 24.9 Å². The second-order valence-corrected chi connectivity index (χ2v) is 8.09. The van der Waals surface area contributed by atoms with E-state index in [2.05, 4.69) is 6.07 Å². The Hall–Kier alpha value is -1.66. The summed E-state index contributed by atoms with van der Waals surface area (Å²) >= 11 is 3.04. The van der Waals surface area contributed by atoms with Crippen molar-refractivity contribution >= 4 is 34.6 Å². The first kappa shape index (κ1) is 17.2. The van der Waals surface area contributed by atoms with Crippen LogP contribution in [0.4, 0.5) is 0 Å². The summed E-state index contributed by atoms with van der Waals surface area (Å²) in [5.41, 5.74) is 0.982. The molecule has 2 aromatic heterocycles. The van der Waals surface area contributed by atoms with Crippen LogP contribution in [-0.2, 0) is 9.53 Å². The molecule has 1 fully saturated rings. The van der Waals surface area contributed by atoms with Gasteiger partial charge in [-0.2, -0.15) is 0 Å². The molecule has 2 aromatic rings. The zero-order chi connectivity index (χ0) is 17.1. The van der Waals surface area contributed by atoms with E-state index in [1.807, 2.05) is 41.6 Å². The zero-order valence-corrected chi connectivity index (χ0v) is 15.5. The molecule has 0 radical (unpaired) electrons. The summed E-state index contributed by atoms with van der Waals surface area (Å²) < 4.78 is 5.30. The number of nitrogens with zero attached hydrogens (tertiary/aromatic N) is 1. The molecule has 4 nitrogen and oxygen atoms in total. The molecule has 1 aliphatic heterocycles. The van der Waals surface area contributed by atoms with Gasteiger partial charge in [-0.15, -0.1) is 22.7 Å². The van der Waals surface area contributed by atoms with Gasteiger partial charge in [0.15, 0.2) is 6.61 Å². The van der Waals surface area contributed by atoms with E-state index in [0.29, 0.717) is 4.88 Å². The smallest absolute Gasteiger partial charge is 0.349 e. The van der Waals surface area contributed by atoms with Crippen LogP contribution in [0.3, 0.4) is 0 Å². The van der Waals surface area contributed by atoms with Crippen LogP contribution in [0.5, 0.6) is 0 Å². The number of hydrogen-bond donors (Lipinski definition) is 0. The van der Waals surface area contributed by atoms with Crippen LogP contribution in [0.2, 0.25) is 0 Å². The van der Waals surface area contributed by atoms with Gasteiger partial charge in [0.2, 0.25) is 0 Å². The third kappa shape index (κ3) is 3.54. The monoisotopic (exact) mass is 363 g/mol. The van der Waals surface area contributed by atoms with Gasteiger partial charge in [-0.3, -0.25) is 4.79 Å². The lowest BCUT2D eigenvalue weighted by Crippen LogP contribution is -2.34. The Morgan fingerprint density at radius 2 is 2.12 bits per heavy atom. The Morgan fingerprint density at radius 3 is 2.83 bits per heavy atom. The average molecular weight is 364 g/mol. The van der Waals surface area contributed by atoms with Gasteiger partial charge in [0.05, 0.1) is 6.04 Å². The molecule has 0 N–H and O–H groups in total. The molecule has 6 heteroatoms. The van der Waals surface area contributed by atoms with Gasteiger partial charge in [-0.05, 0) is 47.2 Å². The maximum Gasteiger partial charge on any atom is 0.349 e. The Bertz CT molecular complexity index is 706. The standard InChI is InChI=1S/C18H21NO3S2/c1-12(2)13-7-10-24-17(13)18(21)22-11-16(20)19-8-3-5-14(19)15-6-4-9-23-15/h4,6-7,9-10,12,14H,3,5,8,11H2,1-2H3. The minimum Gasteiger partial charge on any atom is -0.451 e. The molecule has 0 saturated carbocycles. The fraction of sp³-hybridized carbons (Fsp3) is 0.444. The Kier molecular flexibility index (Phi) is 5.36. The highest BCUT2D eigenvalue weighted by Crippen LogP contribution is 2.34. The van der Waals surface area contributed by atoms with E-state index in [1.54, 1.807) is 11.3 Å². The normalized spacial score (nSPS) is 17.5. The van der Waals surface area contributed by atoms with Crippen molar-refractivity contribution in [1.29, 1.82) is 0 Å². The minimum absolute atomic E-state index is 0.109. The number of carbonyl (C=O) groups is 2. The number of carbonyl (C=O) groups excluding carboxylic acids is 2. The van der Waals surface area contributed by atoms with E-state index in [9.17, 15) is 9.59 Å². The van der Waals surface area contributed by atoms with Crippen molar-refractivity contribution in [3.05, 3.63) is 44.3 Å². The van der Waals surface area contributed by atoms with Crippen molar-refractivity contribution < 1.29 is 14.3 Å². The fourth-order valence-electron chi connectivity index (χ4n) is 3.06. The highest BCUT2D eigenvalue weighted by atomic mass is 32.1. The lowest BCUT2D eigenvalue weighted by atomic mass is 10.0. The average Bonchev–Trinajstić information content (AvgIpc) is 3.32. The lowest BCUT2D eigenvalue weighted by Gasteiger charge is -2.23. The van der Waals surface area contributed by atoms with Crippen LogP contribution >= 0.6 is 22.7 Å². The minimum atomic E-state index is -0.395. The highest BCUT2D eigenvalue weighted by Gasteiger charge is 2.31. The summed E-state index contributed by atoms with van der Waals surface area (Å²) in [5, 5.41) is 3.92. The molecule has 1 unspecified atom stereocenters. The molecule has 24 heavy (non-hydrogen) atoms. The van der Waals surface area contributed by atoms with E-state index in [-0.39, 0.29) is 24.5 Å². The number of hydrogen-bond acceptors (Lipinski definition) is 5. The summed E-state index contributed by atoms with van der Waals surface area (Å²) in [7, 11) is 0. The van der Waals surface area contributed by atoms with Gasteiger partial charge >= 0.3 is 5.97 Å². The molecule has 0 spiro atoms. The maximum atomic E-state index is 12.5. The molecule has 0 aliphatic carbocycles. The molecule has 1 atom stereocenters. The molecule has 3 heterocycles. The van der Waals surface area contributed by atoms with Crippen LogP contribution < -0.4 is 0 Å². The van der Waals surface area contributed by atoms with Crippen LogP contribution in [0.15, 0.2) is 29.0 Å². The number of esters is 1. The van der Waals surface area contributed by atoms with Crippen molar-refractivity contribution in [2.24, 2.45) is 0 Å². The number of likely N-dealkylation sites (tertiary alicyclic amines) is 1. The topological polar surface area (TPSA) is 46.6 Å². The van der Waals surface area contributed by atoms with Crippen LogP contribution in [-0.4, -0.2) is 29.9 Å². The van der Waals surface area contributed by atoms with Crippen LogP contribution in [0.1, 0.15) is 58.8 Å². The molecule has 0 bridgehead atoms. The molecule has 3 rings (SSSR count). The number of thiophene rings is 2. The summed E-state index contributed by atoms with van der Waals surface area (Å²) in [6.07, 6.45) is 1.97. The predicted molar refractivity (Wildman–Crippen MR) is 96.7 cm³/mol. The SMILES string of the molecule is CC(C)c1ccsc1C(=O)OCC(=O)N1CCCC1c1cccs1. The Balaban J connectivity index is 1.61. The van der Waals surface area contributed by atoms with Crippen molar-refractivity contribution in [1.82, 2.24) is 4.90 Å². The van der Waals surface area contributed by atoms with Gasteiger partial charge in [0, 0.05) is 11.4 Å². The van der Waals surface area contributed by atoms with Crippen molar-refractivity contribution in [3.8, 4) is 0 Å². The maximum absolute atomic E-state index is 12.5. The number of amides is 1. The molecular formula is C18H21NO3S2. The molecule has 128 valence electrons. The Morgan fingerprint density at radius 1 is 1.29 bits per heavy atom. The molecule has 0 aromatic carbocycles. The van der Waals surface area contributed by atoms with E-state index < -0.39 is 5.97 Å². The third-order valence-corrected chi connectivity index (χ3v) is 6.16. The third-order valence-electron chi connectivity index (χ3n) is 4.27. The van der Waals surface area contributed by atoms with Gasteiger partial charge in [0.25, 0.3) is 5.91 Å². The summed E-state index contributed by atoms with van der Waals surface area (Å²) in [6.45, 7) is 4.63. The van der Waals surface area contributed by atoms with E-state index >= 15 is 0 Å². The quantitative estimate of drug-likeness (QED) is 0.737. The second-order valence-electron chi connectivity index (χ2n) is 6.20. The largest absolute Gasteiger partial charge is 0.451 e. The van der Waals surface area contributed by atoms with Crippen LogP contribution in [0.25, 0.3) is 0 Å². The number of rotatable bonds is 5. The summed E-state index contributed by atoms with van der Waals surface area (Å²) in [6, 6.07) is 6.14. The van der Waals surface area contributed by atoms with Gasteiger partial charge in [-0.1, -0.05) is 19.9 Å². The fourth-order valence-corrected chi connectivity index (χ4v) is 4.88. The first-order valence-corrected chi connectivity index (χ1v) is 9.91. The van der Waals surface area contributed by atoms with Gasteiger partial charge in [-0.25, -0.2) is 4.79 Å². The van der Waals surface area contributed by atoms with Gasteiger partial charge in [0.1, 0.15) is 4.88 Å². The van der Waals surface area contributed by atoms with E-state index in [4.69, 9.17) is 4.74 Å². The summed E-state index contributed by atoms with van der Waals surface area (Å²) in [4.78, 5) is 28.4. The first-order valence-electron chi connectivity index (χ1n) is 8.15. The Labute approximate surface area is 150 Å². The summed E-state index contributed by atoms with van der Waals surface area (Å²) in [5.74, 6) is -0.243. The first-order chi connectivity index (χ1) is 11.6. The van der Waals surface area contributed by atoms with Crippen molar-refractivity contribution in [2.45, 2.75) is 38.6 Å². The highest BCUT2D eigenvalue weighted by molar-refractivity contribution is 7.12. The molecule has 1 aliphatic rings. The van der Waals surface area contributed by atoms with Crippen LogP contribution in [0, 0.1) is 0 Å². The zero-order valence-electron chi connectivity index (χ0n) is 13.9. The lowest BCUT2D eigenvalue weighted by molar-refractivity contribution is -0.135. The van der Waals surface area contributed by atoms with Crippen molar-refractivity contribution in [3.63, 3.8) is 0 Å². The molecule has 1 amide bonds. The number of ether oxygens (including phenoxy) is 1. The van der Waals surface area contributed by atoms with Gasteiger partial charge < -0.3 is 9.64 Å². The second kappa shape index (κ2) is 7.49. The van der Waals surface area contributed by atoms with E-state index in [1.165, 1.54) is 16.2 Å². The van der Waals surface area contributed by atoms with Crippen molar-refractivity contribution in [2.75, 3.05) is 13.2 Å². The molecular weight excluding hydrogens is 342 g/mol. The molecule has 1 saturated heterocycles.